The van der Waals surface area contributed by atoms with Gasteiger partial charge in [-0.3, -0.25) is 9.59 Å². The van der Waals surface area contributed by atoms with Crippen LogP contribution in [-0.4, -0.2) is 29.2 Å². The molecule has 0 unspecified atom stereocenters. The second kappa shape index (κ2) is 8.74. The summed E-state index contributed by atoms with van der Waals surface area (Å²) in [4.78, 5) is 27.4. The second-order valence-corrected chi connectivity index (χ2v) is 6.60. The van der Waals surface area contributed by atoms with E-state index in [1.807, 2.05) is 0 Å². The molecule has 5 nitrogen and oxygen atoms in total. The van der Waals surface area contributed by atoms with E-state index in [-0.39, 0.29) is 18.1 Å². The van der Waals surface area contributed by atoms with Gasteiger partial charge in [0.1, 0.15) is 17.3 Å². The minimum atomic E-state index is -0.834. The van der Waals surface area contributed by atoms with E-state index in [1.165, 1.54) is 17.4 Å². The fourth-order valence-electron chi connectivity index (χ4n) is 1.72. The van der Waals surface area contributed by atoms with Crippen LogP contribution in [0.3, 0.4) is 0 Å². The Hall–Kier alpha value is -2.00. The highest BCUT2D eigenvalue weighted by atomic mass is 32.2. The molecule has 1 heterocycles. The quantitative estimate of drug-likeness (QED) is 0.597. The van der Waals surface area contributed by atoms with Crippen LogP contribution in [0.15, 0.2) is 27.9 Å². The van der Waals surface area contributed by atoms with Crippen LogP contribution in [-0.2, 0) is 20.7 Å². The first-order valence-electron chi connectivity index (χ1n) is 6.96. The Morgan fingerprint density at radius 2 is 2.04 bits per heavy atom. The van der Waals surface area contributed by atoms with Gasteiger partial charge >= 0.3 is 5.97 Å². The number of aromatic nitrogens is 1. The Kier molecular flexibility index (Phi) is 6.68. The zero-order valence-corrected chi connectivity index (χ0v) is 14.3. The van der Waals surface area contributed by atoms with Crippen molar-refractivity contribution in [3.63, 3.8) is 0 Å². The van der Waals surface area contributed by atoms with Crippen molar-refractivity contribution in [2.75, 3.05) is 17.7 Å². The smallest absolute Gasteiger partial charge is 0.311 e. The molecule has 0 bridgehead atoms. The van der Waals surface area contributed by atoms with Gasteiger partial charge in [0.15, 0.2) is 4.34 Å². The summed E-state index contributed by atoms with van der Waals surface area (Å²) < 4.78 is 32.3. The van der Waals surface area contributed by atoms with Gasteiger partial charge in [0.2, 0.25) is 5.91 Å². The number of carbonyl (C=O) groups is 2. The Balaban J connectivity index is 1.86. The number of anilines is 1. The van der Waals surface area contributed by atoms with E-state index < -0.39 is 23.2 Å². The summed E-state index contributed by atoms with van der Waals surface area (Å²) in [5.41, 5.74) is 0.0896. The van der Waals surface area contributed by atoms with Crippen LogP contribution in [0.1, 0.15) is 12.6 Å². The number of thioether (sulfide) groups is 1. The molecule has 0 spiro atoms. The van der Waals surface area contributed by atoms with Crippen LogP contribution in [0.4, 0.5) is 14.5 Å². The SMILES string of the molecule is CCOC(=O)Cc1csc(SCC(=O)Nc2c(F)cccc2F)n1. The Morgan fingerprint density at radius 1 is 1.33 bits per heavy atom. The number of para-hydroxylation sites is 1. The molecule has 2 rings (SSSR count). The first-order valence-corrected chi connectivity index (χ1v) is 8.82. The number of halogens is 2. The number of benzene rings is 1. The molecule has 0 saturated heterocycles. The molecule has 1 aromatic heterocycles. The van der Waals surface area contributed by atoms with Crippen molar-refractivity contribution in [3.05, 3.63) is 40.9 Å². The molecule has 2 aromatic rings. The maximum Gasteiger partial charge on any atom is 0.311 e. The standard InChI is InChI=1S/C15H14F2N2O3S2/c1-2-22-13(21)6-9-7-23-15(18-9)24-8-12(20)19-14-10(16)4-3-5-11(14)17/h3-5,7H,2,6,8H2,1H3,(H,19,20). The van der Waals surface area contributed by atoms with Crippen molar-refractivity contribution >= 4 is 40.7 Å². The number of carbonyl (C=O) groups excluding carboxylic acids is 2. The van der Waals surface area contributed by atoms with Crippen LogP contribution >= 0.6 is 23.1 Å². The molecule has 0 aliphatic carbocycles. The van der Waals surface area contributed by atoms with Gasteiger partial charge in [-0.2, -0.15) is 0 Å². The number of thiazole rings is 1. The molecular formula is C15H14F2N2O3S2. The largest absolute Gasteiger partial charge is 0.466 e. The van der Waals surface area contributed by atoms with E-state index in [0.29, 0.717) is 16.6 Å². The summed E-state index contributed by atoms with van der Waals surface area (Å²) in [6.45, 7) is 2.02. The zero-order chi connectivity index (χ0) is 17.5. The van der Waals surface area contributed by atoms with Gasteiger partial charge in [-0.15, -0.1) is 11.3 Å². The summed E-state index contributed by atoms with van der Waals surface area (Å²) in [7, 11) is 0. The summed E-state index contributed by atoms with van der Waals surface area (Å²) in [6, 6.07) is 3.35. The molecule has 24 heavy (non-hydrogen) atoms. The van der Waals surface area contributed by atoms with Gasteiger partial charge in [0.25, 0.3) is 0 Å². The van der Waals surface area contributed by atoms with Gasteiger partial charge in [-0.05, 0) is 19.1 Å². The van der Waals surface area contributed by atoms with Crippen LogP contribution in [0, 0.1) is 11.6 Å². The third-order valence-electron chi connectivity index (χ3n) is 2.72. The lowest BCUT2D eigenvalue weighted by atomic mass is 10.3. The van der Waals surface area contributed by atoms with Gasteiger partial charge < -0.3 is 10.1 Å². The number of amides is 1. The topological polar surface area (TPSA) is 68.3 Å². The normalized spacial score (nSPS) is 10.5. The highest BCUT2D eigenvalue weighted by Gasteiger charge is 2.14. The van der Waals surface area contributed by atoms with E-state index in [0.717, 1.165) is 23.9 Å². The Morgan fingerprint density at radius 3 is 2.71 bits per heavy atom. The molecule has 0 aliphatic rings. The molecule has 0 atom stereocenters. The van der Waals surface area contributed by atoms with Crippen molar-refractivity contribution in [1.82, 2.24) is 4.98 Å². The lowest BCUT2D eigenvalue weighted by Crippen LogP contribution is -2.16. The van der Waals surface area contributed by atoms with Crippen LogP contribution in [0.5, 0.6) is 0 Å². The molecule has 1 N–H and O–H groups in total. The zero-order valence-electron chi connectivity index (χ0n) is 12.7. The first-order chi connectivity index (χ1) is 11.5. The fourth-order valence-corrected chi connectivity index (χ4v) is 3.36. The highest BCUT2D eigenvalue weighted by molar-refractivity contribution is 8.01. The lowest BCUT2D eigenvalue weighted by molar-refractivity contribution is -0.142. The van der Waals surface area contributed by atoms with Gasteiger partial charge in [-0.1, -0.05) is 17.8 Å². The Bertz CT molecular complexity index is 717. The maximum atomic E-state index is 13.4. The first kappa shape index (κ1) is 18.3. The van der Waals surface area contributed by atoms with Crippen molar-refractivity contribution in [2.24, 2.45) is 0 Å². The van der Waals surface area contributed by atoms with E-state index >= 15 is 0 Å². The highest BCUT2D eigenvalue weighted by Crippen LogP contribution is 2.24. The van der Waals surface area contributed by atoms with E-state index in [2.05, 4.69) is 10.3 Å². The van der Waals surface area contributed by atoms with Crippen molar-refractivity contribution in [2.45, 2.75) is 17.7 Å². The lowest BCUT2D eigenvalue weighted by Gasteiger charge is -2.06. The molecular weight excluding hydrogens is 358 g/mol. The second-order valence-electron chi connectivity index (χ2n) is 4.52. The number of nitrogens with zero attached hydrogens (tertiary/aromatic N) is 1. The predicted molar refractivity (Wildman–Crippen MR) is 88.2 cm³/mol. The minimum absolute atomic E-state index is 0.0554. The minimum Gasteiger partial charge on any atom is -0.466 e. The molecule has 128 valence electrons. The van der Waals surface area contributed by atoms with Crippen LogP contribution < -0.4 is 5.32 Å². The molecule has 1 amide bonds. The number of esters is 1. The van der Waals surface area contributed by atoms with E-state index in [9.17, 15) is 18.4 Å². The summed E-state index contributed by atoms with van der Waals surface area (Å²) in [5.74, 6) is -2.64. The number of hydrogen-bond acceptors (Lipinski definition) is 6. The maximum absolute atomic E-state index is 13.4. The van der Waals surface area contributed by atoms with Crippen molar-refractivity contribution < 1.29 is 23.1 Å². The molecule has 9 heteroatoms. The number of ether oxygens (including phenoxy) is 1. The number of hydrogen-bond donors (Lipinski definition) is 1. The average molecular weight is 372 g/mol. The van der Waals surface area contributed by atoms with Crippen LogP contribution in [0.25, 0.3) is 0 Å². The molecule has 0 aliphatic heterocycles. The number of nitrogens with one attached hydrogen (secondary N) is 1. The summed E-state index contributed by atoms with van der Waals surface area (Å²) >= 11 is 2.40. The Labute approximate surface area is 145 Å². The van der Waals surface area contributed by atoms with Gasteiger partial charge in [0.05, 0.1) is 24.5 Å². The third-order valence-corrected chi connectivity index (χ3v) is 4.79. The third kappa shape index (κ3) is 5.27. The average Bonchev–Trinajstić information content (AvgIpc) is 2.97. The predicted octanol–water partition coefficient (Wildman–Crippen LogP) is 3.26. The van der Waals surface area contributed by atoms with E-state index in [4.69, 9.17) is 4.74 Å². The van der Waals surface area contributed by atoms with Gasteiger partial charge in [0, 0.05) is 5.38 Å². The molecule has 1 aromatic carbocycles. The monoisotopic (exact) mass is 372 g/mol. The van der Waals surface area contributed by atoms with Crippen molar-refractivity contribution in [1.29, 1.82) is 0 Å². The summed E-state index contributed by atoms with van der Waals surface area (Å²) in [6.07, 6.45) is 0.0670. The molecule has 0 radical (unpaired) electrons. The fraction of sp³-hybridized carbons (Fsp3) is 0.267. The molecule has 0 fully saturated rings. The number of rotatable bonds is 7. The van der Waals surface area contributed by atoms with Crippen molar-refractivity contribution in [3.8, 4) is 0 Å². The molecule has 0 saturated carbocycles. The van der Waals surface area contributed by atoms with Crippen LogP contribution in [0.2, 0.25) is 0 Å². The summed E-state index contributed by atoms with van der Waals surface area (Å²) in [5, 5.41) is 3.90. The van der Waals surface area contributed by atoms with E-state index in [1.54, 1.807) is 12.3 Å². The van der Waals surface area contributed by atoms with Gasteiger partial charge in [-0.25, -0.2) is 13.8 Å².